The monoisotopic (exact) mass is 474 g/mol. The van der Waals surface area contributed by atoms with Gasteiger partial charge in [-0.3, -0.25) is 0 Å². The summed E-state index contributed by atoms with van der Waals surface area (Å²) in [5.74, 6) is 0. The molecule has 3 atom stereocenters. The molecule has 0 spiro atoms. The summed E-state index contributed by atoms with van der Waals surface area (Å²) in [6, 6.07) is 14.9. The van der Waals surface area contributed by atoms with Crippen molar-refractivity contribution in [3.63, 3.8) is 0 Å². The zero-order chi connectivity index (χ0) is 21.7. The first kappa shape index (κ1) is 21.0. The summed E-state index contributed by atoms with van der Waals surface area (Å²) in [6.45, 7) is 4.85. The quantitative estimate of drug-likeness (QED) is 0.328. The molecule has 2 aliphatic carbocycles. The molecule has 1 fully saturated rings. The second-order valence-electron chi connectivity index (χ2n) is 9.68. The van der Waals surface area contributed by atoms with Crippen molar-refractivity contribution in [2.24, 2.45) is 0 Å². The van der Waals surface area contributed by atoms with Crippen LogP contribution in [0.25, 0.3) is 20.2 Å². The van der Waals surface area contributed by atoms with E-state index in [2.05, 4.69) is 92.5 Å². The van der Waals surface area contributed by atoms with Crippen molar-refractivity contribution in [3.8, 4) is 0 Å². The molecule has 1 saturated heterocycles. The number of benzene rings is 2. The third kappa shape index (κ3) is 3.40. The minimum absolute atomic E-state index is 0.235. The molecular weight excluding hydrogens is 442 g/mol. The van der Waals surface area contributed by atoms with Crippen LogP contribution < -0.4 is 10.6 Å². The summed E-state index contributed by atoms with van der Waals surface area (Å²) in [4.78, 5) is 0. The molecule has 0 amide bonds. The molecule has 3 aromatic rings. The van der Waals surface area contributed by atoms with E-state index in [1.165, 1.54) is 57.3 Å². The molecule has 0 saturated carbocycles. The van der Waals surface area contributed by atoms with E-state index in [4.69, 9.17) is 0 Å². The van der Waals surface area contributed by atoms with E-state index in [1.54, 1.807) is 10.6 Å². The number of fused-ring (bicyclic) bond motifs is 3. The first-order valence-electron chi connectivity index (χ1n) is 12.1. The molecular formula is C29H32P2S. The molecule has 164 valence electrons. The Kier molecular flexibility index (Phi) is 5.50. The number of thiophene rings is 1. The van der Waals surface area contributed by atoms with Crippen LogP contribution in [0, 0.1) is 0 Å². The maximum absolute atomic E-state index is 2.63. The molecule has 0 nitrogen and oxygen atoms in total. The molecule has 3 heteroatoms. The van der Waals surface area contributed by atoms with Gasteiger partial charge < -0.3 is 0 Å². The molecule has 2 aromatic carbocycles. The Balaban J connectivity index is 1.44. The summed E-state index contributed by atoms with van der Waals surface area (Å²) in [7, 11) is -1.68. The van der Waals surface area contributed by atoms with Crippen molar-refractivity contribution in [3.05, 3.63) is 84.2 Å². The van der Waals surface area contributed by atoms with Crippen molar-refractivity contribution >= 4 is 57.3 Å². The summed E-state index contributed by atoms with van der Waals surface area (Å²) >= 11 is 1.97. The van der Waals surface area contributed by atoms with Gasteiger partial charge in [0.25, 0.3) is 0 Å². The van der Waals surface area contributed by atoms with Gasteiger partial charge in [-0.25, -0.2) is 0 Å². The SMILES string of the molecule is CC[C@@H]1C[PH]1(c1ccc2sc3ccc(P(C)C4=CC=CCC4)cc3c2c1)C1C=CC=CC1. The van der Waals surface area contributed by atoms with Gasteiger partial charge in [-0.05, 0) is 0 Å². The fourth-order valence-corrected chi connectivity index (χ4v) is 15.2. The van der Waals surface area contributed by atoms with Gasteiger partial charge in [0.2, 0.25) is 0 Å². The Labute approximate surface area is 197 Å². The summed E-state index contributed by atoms with van der Waals surface area (Å²) in [5.41, 5.74) is 1.74. The fourth-order valence-electron chi connectivity index (χ4n) is 6.14. The van der Waals surface area contributed by atoms with Crippen LogP contribution in [0.15, 0.2) is 84.2 Å². The van der Waals surface area contributed by atoms with Crippen molar-refractivity contribution in [2.45, 2.75) is 43.9 Å². The van der Waals surface area contributed by atoms with Crippen LogP contribution in [0.5, 0.6) is 0 Å². The van der Waals surface area contributed by atoms with Crippen LogP contribution in [-0.4, -0.2) is 24.1 Å². The predicted octanol–water partition coefficient (Wildman–Crippen LogP) is 8.08. The Bertz CT molecular complexity index is 1310. The van der Waals surface area contributed by atoms with Gasteiger partial charge >= 0.3 is 198 Å². The van der Waals surface area contributed by atoms with Crippen LogP contribution in [0.1, 0.15) is 32.6 Å². The van der Waals surface area contributed by atoms with E-state index in [-0.39, 0.29) is 7.92 Å². The van der Waals surface area contributed by atoms with E-state index in [0.29, 0.717) is 0 Å². The van der Waals surface area contributed by atoms with Crippen molar-refractivity contribution in [1.29, 1.82) is 0 Å². The van der Waals surface area contributed by atoms with Crippen LogP contribution in [0.2, 0.25) is 0 Å². The molecule has 2 unspecified atom stereocenters. The van der Waals surface area contributed by atoms with E-state index < -0.39 is 7.26 Å². The standard InChI is InChI=1S/C29H32P2S/c1-3-23-20-31(23,24-12-8-5-9-13-24)25-15-17-29-27(19-25)26-18-22(14-16-28(26)32-29)30(2)21-10-6-4-7-11-21/h4-6,8-10,12,14-19,23-24,31H,3,7,11,13,20H2,1-2H3/t23-,24?,30?/m1/s1. The topological polar surface area (TPSA) is 0 Å². The summed E-state index contributed by atoms with van der Waals surface area (Å²) in [6.07, 6.45) is 22.9. The minimum atomic E-state index is -1.44. The third-order valence-electron chi connectivity index (χ3n) is 8.09. The fraction of sp³-hybridized carbons (Fsp3) is 0.310. The van der Waals surface area contributed by atoms with Crippen molar-refractivity contribution in [1.82, 2.24) is 0 Å². The van der Waals surface area contributed by atoms with Crippen molar-refractivity contribution in [2.75, 3.05) is 12.8 Å². The first-order valence-corrected chi connectivity index (χ1v) is 17.1. The van der Waals surface area contributed by atoms with Gasteiger partial charge in [0, 0.05) is 0 Å². The third-order valence-corrected chi connectivity index (χ3v) is 17.4. The van der Waals surface area contributed by atoms with Gasteiger partial charge in [0.1, 0.15) is 0 Å². The molecule has 0 N–H and O–H groups in total. The zero-order valence-corrected chi connectivity index (χ0v) is 21.8. The Morgan fingerprint density at radius 1 is 1.00 bits per heavy atom. The van der Waals surface area contributed by atoms with Gasteiger partial charge in [-0.1, -0.05) is 0 Å². The molecule has 2 heterocycles. The molecule has 6 rings (SSSR count). The zero-order valence-electron chi connectivity index (χ0n) is 19.1. The number of hydrogen-bond donors (Lipinski definition) is 0. The average molecular weight is 475 g/mol. The van der Waals surface area contributed by atoms with E-state index in [1.807, 2.05) is 11.3 Å². The number of hydrogen-bond acceptors (Lipinski definition) is 1. The van der Waals surface area contributed by atoms with Crippen LogP contribution in [-0.2, 0) is 0 Å². The van der Waals surface area contributed by atoms with E-state index in [0.717, 1.165) is 11.3 Å². The molecule has 1 aromatic heterocycles. The van der Waals surface area contributed by atoms with Crippen molar-refractivity contribution < 1.29 is 0 Å². The molecule has 0 radical (unpaired) electrons. The van der Waals surface area contributed by atoms with Crippen LogP contribution >= 0.6 is 26.5 Å². The van der Waals surface area contributed by atoms with E-state index >= 15 is 0 Å². The van der Waals surface area contributed by atoms with Gasteiger partial charge in [0.05, 0.1) is 0 Å². The van der Waals surface area contributed by atoms with Crippen LogP contribution in [0.4, 0.5) is 0 Å². The Morgan fingerprint density at radius 2 is 1.84 bits per heavy atom. The normalized spacial score (nSPS) is 25.8. The summed E-state index contributed by atoms with van der Waals surface area (Å²) in [5, 5.41) is 7.88. The number of rotatable bonds is 5. The van der Waals surface area contributed by atoms with E-state index in [9.17, 15) is 0 Å². The molecule has 0 bridgehead atoms. The van der Waals surface area contributed by atoms with Gasteiger partial charge in [-0.2, -0.15) is 0 Å². The van der Waals surface area contributed by atoms with Gasteiger partial charge in [-0.15, -0.1) is 0 Å². The second-order valence-corrected chi connectivity index (χ2v) is 17.6. The molecule has 1 aliphatic heterocycles. The Hall–Kier alpha value is -1.52. The maximum atomic E-state index is 2.63. The number of allylic oxidation sites excluding steroid dienone is 8. The second kappa shape index (κ2) is 8.36. The average Bonchev–Trinajstić information content (AvgIpc) is 3.51. The first-order chi connectivity index (χ1) is 15.7. The molecule has 3 aliphatic rings. The predicted molar refractivity (Wildman–Crippen MR) is 152 cm³/mol. The molecule has 32 heavy (non-hydrogen) atoms. The van der Waals surface area contributed by atoms with Crippen LogP contribution in [0.3, 0.4) is 0 Å². The Morgan fingerprint density at radius 3 is 2.56 bits per heavy atom. The van der Waals surface area contributed by atoms with Gasteiger partial charge in [0.15, 0.2) is 0 Å². The summed E-state index contributed by atoms with van der Waals surface area (Å²) < 4.78 is 2.90.